The van der Waals surface area contributed by atoms with Crippen molar-refractivity contribution < 1.29 is 14.7 Å². The van der Waals surface area contributed by atoms with Crippen molar-refractivity contribution in [2.24, 2.45) is 0 Å². The van der Waals surface area contributed by atoms with E-state index in [2.05, 4.69) is 10.6 Å². The summed E-state index contributed by atoms with van der Waals surface area (Å²) in [4.78, 5) is 23.8. The van der Waals surface area contributed by atoms with Crippen molar-refractivity contribution in [1.29, 1.82) is 0 Å². The molecule has 5 heteroatoms. The Hall–Kier alpha value is -2.40. The molecule has 0 saturated heterocycles. The van der Waals surface area contributed by atoms with Gasteiger partial charge in [0, 0.05) is 25.1 Å². The zero-order valence-electron chi connectivity index (χ0n) is 13.9. The molecule has 0 bridgehead atoms. The van der Waals surface area contributed by atoms with Gasteiger partial charge in [0.15, 0.2) is 0 Å². The standard InChI is InChI=1S/C19H24N2O3/c1-2-5-17(22)13-21-18(23)10-11-20-19(24)16-9-8-14-6-3-4-7-15(14)12-16/h3-4,6-9,12,17,22H,2,5,10-11,13H2,1H3,(H,20,24)(H,21,23). The summed E-state index contributed by atoms with van der Waals surface area (Å²) in [5, 5.41) is 17.1. The molecule has 2 rings (SSSR count). The Morgan fingerprint density at radius 2 is 1.83 bits per heavy atom. The van der Waals surface area contributed by atoms with E-state index >= 15 is 0 Å². The van der Waals surface area contributed by atoms with Gasteiger partial charge in [-0.25, -0.2) is 0 Å². The van der Waals surface area contributed by atoms with Crippen LogP contribution in [0.5, 0.6) is 0 Å². The third-order valence-corrected chi connectivity index (χ3v) is 3.81. The fraction of sp³-hybridized carbons (Fsp3) is 0.368. The molecule has 0 heterocycles. The molecule has 2 amide bonds. The molecule has 1 unspecified atom stereocenters. The number of nitrogens with one attached hydrogen (secondary N) is 2. The van der Waals surface area contributed by atoms with E-state index in [-0.39, 0.29) is 31.3 Å². The zero-order chi connectivity index (χ0) is 17.4. The van der Waals surface area contributed by atoms with Crippen LogP contribution in [0, 0.1) is 0 Å². The predicted molar refractivity (Wildman–Crippen MR) is 94.8 cm³/mol. The monoisotopic (exact) mass is 328 g/mol. The topological polar surface area (TPSA) is 78.4 Å². The number of fused-ring (bicyclic) bond motifs is 1. The fourth-order valence-electron chi connectivity index (χ4n) is 2.48. The fourth-order valence-corrected chi connectivity index (χ4v) is 2.48. The summed E-state index contributed by atoms with van der Waals surface area (Å²) in [6.07, 6.45) is 1.22. The smallest absolute Gasteiger partial charge is 0.251 e. The van der Waals surface area contributed by atoms with Gasteiger partial charge in [0.05, 0.1) is 6.10 Å². The molecule has 5 nitrogen and oxygen atoms in total. The zero-order valence-corrected chi connectivity index (χ0v) is 13.9. The summed E-state index contributed by atoms with van der Waals surface area (Å²) in [5.41, 5.74) is 0.576. The first kappa shape index (κ1) is 17.9. The maximum Gasteiger partial charge on any atom is 0.251 e. The Morgan fingerprint density at radius 3 is 2.58 bits per heavy atom. The van der Waals surface area contributed by atoms with Gasteiger partial charge >= 0.3 is 0 Å². The molecule has 2 aromatic rings. The van der Waals surface area contributed by atoms with Gasteiger partial charge in [0.1, 0.15) is 0 Å². The molecular formula is C19H24N2O3. The number of benzene rings is 2. The molecule has 0 aromatic heterocycles. The highest BCUT2D eigenvalue weighted by molar-refractivity contribution is 5.98. The van der Waals surface area contributed by atoms with Crippen molar-refractivity contribution >= 4 is 22.6 Å². The van der Waals surface area contributed by atoms with Gasteiger partial charge in [-0.2, -0.15) is 0 Å². The number of hydrogen-bond acceptors (Lipinski definition) is 3. The second-order valence-corrected chi connectivity index (χ2v) is 5.81. The van der Waals surface area contributed by atoms with Gasteiger partial charge in [-0.05, 0) is 29.3 Å². The predicted octanol–water partition coefficient (Wildman–Crippen LogP) is 2.24. The lowest BCUT2D eigenvalue weighted by Gasteiger charge is -2.11. The van der Waals surface area contributed by atoms with E-state index in [0.717, 1.165) is 17.2 Å². The van der Waals surface area contributed by atoms with Crippen molar-refractivity contribution in [2.45, 2.75) is 32.3 Å². The Kier molecular flexibility index (Phi) is 6.75. The van der Waals surface area contributed by atoms with E-state index < -0.39 is 6.10 Å². The maximum absolute atomic E-state index is 12.1. The van der Waals surface area contributed by atoms with E-state index in [0.29, 0.717) is 12.0 Å². The third kappa shape index (κ3) is 5.35. The highest BCUT2D eigenvalue weighted by Gasteiger charge is 2.09. The summed E-state index contributed by atoms with van der Waals surface area (Å²) < 4.78 is 0. The van der Waals surface area contributed by atoms with E-state index in [1.807, 2.05) is 43.3 Å². The Morgan fingerprint density at radius 1 is 1.08 bits per heavy atom. The van der Waals surface area contributed by atoms with Crippen molar-refractivity contribution in [3.63, 3.8) is 0 Å². The molecule has 24 heavy (non-hydrogen) atoms. The van der Waals surface area contributed by atoms with Crippen molar-refractivity contribution in [2.75, 3.05) is 13.1 Å². The molecule has 0 spiro atoms. The van der Waals surface area contributed by atoms with Crippen LogP contribution < -0.4 is 10.6 Å². The SMILES string of the molecule is CCCC(O)CNC(=O)CCNC(=O)c1ccc2ccccc2c1. The molecule has 3 N–H and O–H groups in total. The van der Waals surface area contributed by atoms with Crippen LogP contribution in [-0.4, -0.2) is 36.1 Å². The average Bonchev–Trinajstić information content (AvgIpc) is 2.59. The minimum Gasteiger partial charge on any atom is -0.391 e. The summed E-state index contributed by atoms with van der Waals surface area (Å²) in [7, 11) is 0. The first-order chi connectivity index (χ1) is 11.6. The molecule has 0 fully saturated rings. The lowest BCUT2D eigenvalue weighted by Crippen LogP contribution is -2.34. The average molecular weight is 328 g/mol. The first-order valence-corrected chi connectivity index (χ1v) is 8.32. The second kappa shape index (κ2) is 9.03. The molecular weight excluding hydrogens is 304 g/mol. The van der Waals surface area contributed by atoms with Gasteiger partial charge in [-0.3, -0.25) is 9.59 Å². The second-order valence-electron chi connectivity index (χ2n) is 5.81. The Bertz CT molecular complexity index is 700. The molecule has 0 aliphatic heterocycles. The number of carbonyl (C=O) groups excluding carboxylic acids is 2. The highest BCUT2D eigenvalue weighted by atomic mass is 16.3. The minimum absolute atomic E-state index is 0.177. The van der Waals surface area contributed by atoms with Crippen molar-refractivity contribution in [1.82, 2.24) is 10.6 Å². The van der Waals surface area contributed by atoms with Crippen molar-refractivity contribution in [3.8, 4) is 0 Å². The van der Waals surface area contributed by atoms with E-state index in [4.69, 9.17) is 0 Å². The van der Waals surface area contributed by atoms with E-state index in [9.17, 15) is 14.7 Å². The van der Waals surface area contributed by atoms with Gasteiger partial charge < -0.3 is 15.7 Å². The summed E-state index contributed by atoms with van der Waals surface area (Å²) in [6.45, 7) is 2.50. The Labute approximate surface area is 142 Å². The molecule has 128 valence electrons. The largest absolute Gasteiger partial charge is 0.391 e. The number of aliphatic hydroxyl groups excluding tert-OH is 1. The Balaban J connectivity index is 1.77. The van der Waals surface area contributed by atoms with E-state index in [1.165, 1.54) is 0 Å². The van der Waals surface area contributed by atoms with Crippen LogP contribution in [0.3, 0.4) is 0 Å². The summed E-state index contributed by atoms with van der Waals surface area (Å²) in [5.74, 6) is -0.372. The van der Waals surface area contributed by atoms with Crippen LogP contribution in [0.1, 0.15) is 36.5 Å². The number of aliphatic hydroxyl groups is 1. The first-order valence-electron chi connectivity index (χ1n) is 8.32. The maximum atomic E-state index is 12.1. The lowest BCUT2D eigenvalue weighted by molar-refractivity contribution is -0.121. The molecule has 0 aliphatic rings. The molecule has 2 aromatic carbocycles. The quantitative estimate of drug-likeness (QED) is 0.695. The number of rotatable bonds is 8. The molecule has 1 atom stereocenters. The number of hydrogen-bond donors (Lipinski definition) is 3. The van der Waals surface area contributed by atoms with Crippen LogP contribution in [0.4, 0.5) is 0 Å². The third-order valence-electron chi connectivity index (χ3n) is 3.81. The van der Waals surface area contributed by atoms with Crippen LogP contribution in [-0.2, 0) is 4.79 Å². The van der Waals surface area contributed by atoms with Crippen LogP contribution in [0.2, 0.25) is 0 Å². The number of carbonyl (C=O) groups is 2. The van der Waals surface area contributed by atoms with Gasteiger partial charge in [-0.15, -0.1) is 0 Å². The summed E-state index contributed by atoms with van der Waals surface area (Å²) >= 11 is 0. The van der Waals surface area contributed by atoms with E-state index in [1.54, 1.807) is 6.07 Å². The van der Waals surface area contributed by atoms with Crippen LogP contribution in [0.15, 0.2) is 42.5 Å². The van der Waals surface area contributed by atoms with Gasteiger partial charge in [0.2, 0.25) is 5.91 Å². The van der Waals surface area contributed by atoms with Gasteiger partial charge in [-0.1, -0.05) is 43.7 Å². The van der Waals surface area contributed by atoms with Crippen LogP contribution in [0.25, 0.3) is 10.8 Å². The van der Waals surface area contributed by atoms with Crippen molar-refractivity contribution in [3.05, 3.63) is 48.0 Å². The normalized spacial score (nSPS) is 11.9. The van der Waals surface area contributed by atoms with Crippen LogP contribution >= 0.6 is 0 Å². The lowest BCUT2D eigenvalue weighted by atomic mass is 10.1. The molecule has 0 aliphatic carbocycles. The molecule has 0 radical (unpaired) electrons. The minimum atomic E-state index is -0.508. The molecule has 0 saturated carbocycles. The van der Waals surface area contributed by atoms with Gasteiger partial charge in [0.25, 0.3) is 5.91 Å². The summed E-state index contributed by atoms with van der Waals surface area (Å²) in [6, 6.07) is 13.4. The number of amides is 2. The highest BCUT2D eigenvalue weighted by Crippen LogP contribution is 2.15.